The lowest BCUT2D eigenvalue weighted by Crippen LogP contribution is -2.36. The lowest BCUT2D eigenvalue weighted by atomic mass is 10.0. The average molecular weight is 251 g/mol. The molecule has 1 aromatic rings. The Balaban J connectivity index is 2.01. The van der Waals surface area contributed by atoms with E-state index in [1.807, 2.05) is 6.07 Å². The van der Waals surface area contributed by atoms with Crippen molar-refractivity contribution in [3.63, 3.8) is 0 Å². The van der Waals surface area contributed by atoms with Crippen molar-refractivity contribution in [3.05, 3.63) is 29.8 Å². The summed E-state index contributed by atoms with van der Waals surface area (Å²) >= 11 is 2.11. The largest absolute Gasteiger partial charge is 0.497 e. The van der Waals surface area contributed by atoms with Crippen LogP contribution in [0.25, 0.3) is 0 Å². The van der Waals surface area contributed by atoms with Crippen molar-refractivity contribution in [3.8, 4) is 5.75 Å². The molecular formula is C14H21NOS. The number of rotatable bonds is 5. The Morgan fingerprint density at radius 3 is 3.06 bits per heavy atom. The highest BCUT2D eigenvalue weighted by atomic mass is 32.2. The zero-order valence-corrected chi connectivity index (χ0v) is 11.4. The molecule has 2 unspecified atom stereocenters. The summed E-state index contributed by atoms with van der Waals surface area (Å²) in [5.74, 6) is 2.28. The molecule has 1 aromatic carbocycles. The van der Waals surface area contributed by atoms with Gasteiger partial charge in [0.25, 0.3) is 0 Å². The predicted molar refractivity (Wildman–Crippen MR) is 75.0 cm³/mol. The Labute approximate surface area is 108 Å². The van der Waals surface area contributed by atoms with Gasteiger partial charge in [-0.15, -0.1) is 0 Å². The van der Waals surface area contributed by atoms with Crippen LogP contribution in [-0.2, 0) is 6.42 Å². The highest BCUT2D eigenvalue weighted by Crippen LogP contribution is 2.30. The number of methoxy groups -OCH3 is 1. The second-order valence-corrected chi connectivity index (χ2v) is 5.85. The molecule has 0 bridgehead atoms. The van der Waals surface area contributed by atoms with Crippen LogP contribution >= 0.6 is 11.8 Å². The number of likely N-dealkylation sites (N-methyl/N-ethyl adjacent to an activating group) is 1. The highest BCUT2D eigenvalue weighted by molar-refractivity contribution is 8.00. The Bertz CT molecular complexity index is 350. The summed E-state index contributed by atoms with van der Waals surface area (Å²) in [6.07, 6.45) is 3.80. The SMILES string of the molecule is CNC(Cc1cccc(OC)c1)C1CCCS1. The molecule has 2 nitrogen and oxygen atoms in total. The molecule has 17 heavy (non-hydrogen) atoms. The fourth-order valence-electron chi connectivity index (χ4n) is 2.39. The second-order valence-electron chi connectivity index (χ2n) is 4.50. The minimum atomic E-state index is 0.578. The van der Waals surface area contributed by atoms with Gasteiger partial charge in [0, 0.05) is 11.3 Å². The van der Waals surface area contributed by atoms with Gasteiger partial charge in [-0.25, -0.2) is 0 Å². The van der Waals surface area contributed by atoms with Crippen LogP contribution in [-0.4, -0.2) is 31.2 Å². The summed E-state index contributed by atoms with van der Waals surface area (Å²) in [6.45, 7) is 0. The lowest BCUT2D eigenvalue weighted by molar-refractivity contribution is 0.413. The fraction of sp³-hybridized carbons (Fsp3) is 0.571. The monoisotopic (exact) mass is 251 g/mol. The zero-order valence-electron chi connectivity index (χ0n) is 10.6. The smallest absolute Gasteiger partial charge is 0.119 e. The Kier molecular flexibility index (Phi) is 4.75. The minimum absolute atomic E-state index is 0.578. The number of ether oxygens (including phenoxy) is 1. The van der Waals surface area contributed by atoms with E-state index in [1.54, 1.807) is 7.11 Å². The molecule has 1 fully saturated rings. The molecule has 1 aliphatic heterocycles. The first-order valence-corrected chi connectivity index (χ1v) is 7.30. The molecule has 0 aromatic heterocycles. The van der Waals surface area contributed by atoms with Gasteiger partial charge in [-0.05, 0) is 49.8 Å². The maximum Gasteiger partial charge on any atom is 0.119 e. The van der Waals surface area contributed by atoms with Crippen LogP contribution in [0.15, 0.2) is 24.3 Å². The number of thioether (sulfide) groups is 1. The molecule has 2 rings (SSSR count). The van der Waals surface area contributed by atoms with Crippen molar-refractivity contribution in [2.24, 2.45) is 0 Å². The van der Waals surface area contributed by atoms with Crippen LogP contribution in [0.1, 0.15) is 18.4 Å². The van der Waals surface area contributed by atoms with E-state index in [4.69, 9.17) is 4.74 Å². The van der Waals surface area contributed by atoms with Gasteiger partial charge in [-0.2, -0.15) is 11.8 Å². The first-order chi connectivity index (χ1) is 8.33. The van der Waals surface area contributed by atoms with E-state index in [9.17, 15) is 0 Å². The third-order valence-electron chi connectivity index (χ3n) is 3.37. The van der Waals surface area contributed by atoms with E-state index >= 15 is 0 Å². The molecule has 3 heteroatoms. The van der Waals surface area contributed by atoms with Crippen LogP contribution in [0, 0.1) is 0 Å². The van der Waals surface area contributed by atoms with Crippen molar-refractivity contribution in [2.75, 3.05) is 19.9 Å². The van der Waals surface area contributed by atoms with E-state index in [-0.39, 0.29) is 0 Å². The van der Waals surface area contributed by atoms with Gasteiger partial charge in [-0.3, -0.25) is 0 Å². The summed E-state index contributed by atoms with van der Waals surface area (Å²) in [5.41, 5.74) is 1.36. The molecule has 1 heterocycles. The summed E-state index contributed by atoms with van der Waals surface area (Å²) in [4.78, 5) is 0. The molecule has 0 aliphatic carbocycles. The molecule has 1 aliphatic rings. The van der Waals surface area contributed by atoms with Gasteiger partial charge < -0.3 is 10.1 Å². The van der Waals surface area contributed by atoms with E-state index < -0.39 is 0 Å². The van der Waals surface area contributed by atoms with E-state index in [1.165, 1.54) is 24.2 Å². The molecule has 0 saturated carbocycles. The third-order valence-corrected chi connectivity index (χ3v) is 4.89. The van der Waals surface area contributed by atoms with Gasteiger partial charge in [0.2, 0.25) is 0 Å². The molecule has 1 saturated heterocycles. The first-order valence-electron chi connectivity index (χ1n) is 6.25. The topological polar surface area (TPSA) is 21.3 Å². The van der Waals surface area contributed by atoms with Crippen LogP contribution < -0.4 is 10.1 Å². The fourth-order valence-corrected chi connectivity index (χ4v) is 3.83. The standard InChI is InChI=1S/C14H21NOS/c1-15-13(14-7-4-8-17-14)10-11-5-3-6-12(9-11)16-2/h3,5-6,9,13-15H,4,7-8,10H2,1-2H3. The molecule has 0 spiro atoms. The van der Waals surface area contributed by atoms with E-state index in [2.05, 4.69) is 42.3 Å². The summed E-state index contributed by atoms with van der Waals surface area (Å²) in [7, 11) is 3.80. The van der Waals surface area contributed by atoms with E-state index in [0.29, 0.717) is 6.04 Å². The molecule has 0 amide bonds. The quantitative estimate of drug-likeness (QED) is 0.869. The number of hydrogen-bond acceptors (Lipinski definition) is 3. The van der Waals surface area contributed by atoms with Crippen molar-refractivity contribution in [1.82, 2.24) is 5.32 Å². The molecular weight excluding hydrogens is 230 g/mol. The van der Waals surface area contributed by atoms with Gasteiger partial charge >= 0.3 is 0 Å². The third kappa shape index (κ3) is 3.39. The van der Waals surface area contributed by atoms with Crippen molar-refractivity contribution < 1.29 is 4.74 Å². The molecule has 94 valence electrons. The van der Waals surface area contributed by atoms with Crippen LogP contribution in [0.3, 0.4) is 0 Å². The van der Waals surface area contributed by atoms with Gasteiger partial charge in [0.05, 0.1) is 7.11 Å². The summed E-state index contributed by atoms with van der Waals surface area (Å²) in [6, 6.07) is 8.98. The van der Waals surface area contributed by atoms with Gasteiger partial charge in [0.15, 0.2) is 0 Å². The average Bonchev–Trinajstić information content (AvgIpc) is 2.90. The normalized spacial score (nSPS) is 21.4. The molecule has 2 atom stereocenters. The minimum Gasteiger partial charge on any atom is -0.497 e. The molecule has 1 N–H and O–H groups in total. The number of benzene rings is 1. The maximum atomic E-state index is 5.27. The second kappa shape index (κ2) is 6.31. The van der Waals surface area contributed by atoms with Crippen molar-refractivity contribution in [1.29, 1.82) is 0 Å². The maximum absolute atomic E-state index is 5.27. The lowest BCUT2D eigenvalue weighted by Gasteiger charge is -2.22. The van der Waals surface area contributed by atoms with Crippen LogP contribution in [0.2, 0.25) is 0 Å². The molecule has 0 radical (unpaired) electrons. The predicted octanol–water partition coefficient (Wildman–Crippen LogP) is 2.72. The van der Waals surface area contributed by atoms with Gasteiger partial charge in [0.1, 0.15) is 5.75 Å². The van der Waals surface area contributed by atoms with E-state index in [0.717, 1.165) is 17.4 Å². The van der Waals surface area contributed by atoms with Crippen molar-refractivity contribution >= 4 is 11.8 Å². The van der Waals surface area contributed by atoms with Gasteiger partial charge in [-0.1, -0.05) is 12.1 Å². The van der Waals surface area contributed by atoms with Crippen LogP contribution in [0.4, 0.5) is 0 Å². The Hall–Kier alpha value is -0.670. The number of nitrogens with one attached hydrogen (secondary N) is 1. The van der Waals surface area contributed by atoms with Crippen LogP contribution in [0.5, 0.6) is 5.75 Å². The summed E-state index contributed by atoms with van der Waals surface area (Å²) < 4.78 is 5.27. The zero-order chi connectivity index (χ0) is 12.1. The Morgan fingerprint density at radius 1 is 1.53 bits per heavy atom. The summed E-state index contributed by atoms with van der Waals surface area (Å²) in [5, 5.41) is 4.24. The Morgan fingerprint density at radius 2 is 2.41 bits per heavy atom. The highest BCUT2D eigenvalue weighted by Gasteiger charge is 2.24. The van der Waals surface area contributed by atoms with Crippen molar-refractivity contribution in [2.45, 2.75) is 30.6 Å². The first kappa shape index (κ1) is 12.8. The number of hydrogen-bond donors (Lipinski definition) is 1.